The van der Waals surface area contributed by atoms with Crippen molar-refractivity contribution in [3.05, 3.63) is 29.8 Å². The Balaban J connectivity index is 1.94. The second-order valence-corrected chi connectivity index (χ2v) is 7.31. The highest BCUT2D eigenvalue weighted by Crippen LogP contribution is 2.26. The molecule has 114 valence electrons. The number of nitrogens with one attached hydrogen (secondary N) is 2. The summed E-state index contributed by atoms with van der Waals surface area (Å²) in [4.78, 5) is 13.8. The Kier molecular flexibility index (Phi) is 3.39. The lowest BCUT2D eigenvalue weighted by atomic mass is 10.2. The number of benzene rings is 1. The van der Waals surface area contributed by atoms with Crippen LogP contribution in [-0.4, -0.2) is 50.4 Å². The lowest BCUT2D eigenvalue weighted by Crippen LogP contribution is -2.63. The third-order valence-electron chi connectivity index (χ3n) is 3.80. The molecule has 8 heteroatoms. The van der Waals surface area contributed by atoms with Gasteiger partial charge in [0, 0.05) is 18.8 Å². The molecular weight excluding hydrogens is 292 g/mol. The zero-order valence-corrected chi connectivity index (χ0v) is 12.7. The minimum Gasteiger partial charge on any atom is -0.318 e. The molecule has 7 nitrogen and oxygen atoms in total. The summed E-state index contributed by atoms with van der Waals surface area (Å²) in [7, 11) is -3.36. The van der Waals surface area contributed by atoms with Gasteiger partial charge in [-0.05, 0) is 19.1 Å². The van der Waals surface area contributed by atoms with Gasteiger partial charge in [-0.15, -0.1) is 0 Å². The summed E-state index contributed by atoms with van der Waals surface area (Å²) in [5.74, 6) is 0. The fourth-order valence-electron chi connectivity index (χ4n) is 2.79. The normalized spacial score (nSPS) is 26.6. The Morgan fingerprint density at radius 2 is 1.86 bits per heavy atom. The average molecular weight is 310 g/mol. The molecule has 2 aliphatic rings. The molecular formula is C13H18N4O3S. The molecule has 2 N–H and O–H groups in total. The Morgan fingerprint density at radius 1 is 1.19 bits per heavy atom. The highest BCUT2D eigenvalue weighted by Gasteiger charge is 2.47. The number of rotatable bonds is 2. The van der Waals surface area contributed by atoms with Crippen LogP contribution in [0.5, 0.6) is 0 Å². The van der Waals surface area contributed by atoms with Gasteiger partial charge in [-0.3, -0.25) is 10.2 Å². The molecule has 2 heterocycles. The molecule has 2 unspecified atom stereocenters. The summed E-state index contributed by atoms with van der Waals surface area (Å²) in [6, 6.07) is 7.27. The Labute approximate surface area is 124 Å². The first-order chi connectivity index (χ1) is 9.88. The van der Waals surface area contributed by atoms with E-state index in [-0.39, 0.29) is 6.03 Å². The van der Waals surface area contributed by atoms with Crippen LogP contribution in [0.25, 0.3) is 0 Å². The van der Waals surface area contributed by atoms with Gasteiger partial charge >= 0.3 is 6.03 Å². The number of fused-ring (bicyclic) bond motifs is 1. The zero-order valence-electron chi connectivity index (χ0n) is 11.9. The Bertz CT molecular complexity index is 658. The number of aryl methyl sites for hydroxylation is 1. The Morgan fingerprint density at radius 3 is 2.48 bits per heavy atom. The van der Waals surface area contributed by atoms with Crippen LogP contribution in [0.3, 0.4) is 0 Å². The van der Waals surface area contributed by atoms with Crippen LogP contribution in [0.15, 0.2) is 24.3 Å². The molecule has 21 heavy (non-hydrogen) atoms. The monoisotopic (exact) mass is 310 g/mol. The van der Waals surface area contributed by atoms with Crippen molar-refractivity contribution in [1.82, 2.24) is 14.9 Å². The van der Waals surface area contributed by atoms with Crippen molar-refractivity contribution < 1.29 is 13.2 Å². The molecule has 0 aliphatic carbocycles. The molecule has 2 atom stereocenters. The average Bonchev–Trinajstić information content (AvgIpc) is 2.74. The minimum absolute atomic E-state index is 0.295. The van der Waals surface area contributed by atoms with Crippen LogP contribution < -0.4 is 15.5 Å². The topological polar surface area (TPSA) is 81.8 Å². The molecule has 2 fully saturated rings. The van der Waals surface area contributed by atoms with Gasteiger partial charge in [0.25, 0.3) is 0 Å². The quantitative estimate of drug-likeness (QED) is 0.808. The van der Waals surface area contributed by atoms with Gasteiger partial charge in [0.05, 0.1) is 6.26 Å². The summed E-state index contributed by atoms with van der Waals surface area (Å²) < 4.78 is 25.0. The molecule has 2 amide bonds. The number of carbonyl (C=O) groups is 1. The number of hydrogen-bond donors (Lipinski definition) is 2. The van der Waals surface area contributed by atoms with Gasteiger partial charge < -0.3 is 5.32 Å². The number of amides is 2. The molecule has 0 saturated carbocycles. The SMILES string of the molecule is Cc1ccc(N2C(=O)NC3C2NCCN3S(C)(=O)=O)cc1. The third kappa shape index (κ3) is 2.50. The molecule has 3 rings (SSSR count). The summed E-state index contributed by atoms with van der Waals surface area (Å²) >= 11 is 0. The first-order valence-electron chi connectivity index (χ1n) is 6.74. The molecule has 1 aromatic rings. The van der Waals surface area contributed by atoms with Crippen LogP contribution in [0.4, 0.5) is 10.5 Å². The third-order valence-corrected chi connectivity index (χ3v) is 5.06. The first kappa shape index (κ1) is 14.3. The first-order valence-corrected chi connectivity index (χ1v) is 8.59. The van der Waals surface area contributed by atoms with Gasteiger partial charge in [0.2, 0.25) is 10.0 Å². The number of piperazine rings is 1. The van der Waals surface area contributed by atoms with E-state index in [1.54, 1.807) is 4.90 Å². The van der Waals surface area contributed by atoms with Crippen LogP contribution in [0, 0.1) is 6.92 Å². The molecule has 0 aromatic heterocycles. The number of anilines is 1. The van der Waals surface area contributed by atoms with E-state index >= 15 is 0 Å². The number of carbonyl (C=O) groups excluding carboxylic acids is 1. The fourth-order valence-corrected chi connectivity index (χ4v) is 3.80. The van der Waals surface area contributed by atoms with Crippen molar-refractivity contribution >= 4 is 21.7 Å². The molecule has 0 spiro atoms. The second kappa shape index (κ2) is 4.97. The van der Waals surface area contributed by atoms with Crippen LogP contribution in [0.1, 0.15) is 5.56 Å². The van der Waals surface area contributed by atoms with Crippen LogP contribution in [0.2, 0.25) is 0 Å². The summed E-state index contributed by atoms with van der Waals surface area (Å²) in [6.07, 6.45) is 0.182. The van der Waals surface area contributed by atoms with E-state index in [9.17, 15) is 13.2 Å². The summed E-state index contributed by atoms with van der Waals surface area (Å²) in [5.41, 5.74) is 1.85. The number of nitrogens with zero attached hydrogens (tertiary/aromatic N) is 2. The zero-order chi connectivity index (χ0) is 15.2. The number of hydrogen-bond acceptors (Lipinski definition) is 4. The molecule has 1 aromatic carbocycles. The second-order valence-electron chi connectivity index (χ2n) is 5.37. The van der Waals surface area contributed by atoms with Gasteiger partial charge in [-0.1, -0.05) is 17.7 Å². The predicted molar refractivity (Wildman–Crippen MR) is 79.3 cm³/mol. The van der Waals surface area contributed by atoms with Gasteiger partial charge in [-0.25, -0.2) is 13.2 Å². The van der Waals surface area contributed by atoms with Crippen molar-refractivity contribution in [2.75, 3.05) is 24.2 Å². The van der Waals surface area contributed by atoms with Crippen molar-refractivity contribution in [3.63, 3.8) is 0 Å². The van der Waals surface area contributed by atoms with E-state index in [2.05, 4.69) is 10.6 Å². The van der Waals surface area contributed by atoms with E-state index in [0.717, 1.165) is 17.5 Å². The van der Waals surface area contributed by atoms with Gasteiger partial charge in [-0.2, -0.15) is 4.31 Å². The molecule has 0 bridgehead atoms. The molecule has 2 aliphatic heterocycles. The van der Waals surface area contributed by atoms with E-state index in [1.165, 1.54) is 4.31 Å². The number of sulfonamides is 1. The predicted octanol–water partition coefficient (Wildman–Crippen LogP) is 0.0416. The lowest BCUT2D eigenvalue weighted by molar-refractivity contribution is 0.214. The summed E-state index contributed by atoms with van der Waals surface area (Å²) in [5, 5.41) is 5.96. The highest BCUT2D eigenvalue weighted by atomic mass is 32.2. The maximum Gasteiger partial charge on any atom is 0.324 e. The van der Waals surface area contributed by atoms with Gasteiger partial charge in [0.1, 0.15) is 12.3 Å². The van der Waals surface area contributed by atoms with E-state index in [0.29, 0.717) is 13.1 Å². The van der Waals surface area contributed by atoms with Crippen LogP contribution in [-0.2, 0) is 10.0 Å². The van der Waals surface area contributed by atoms with Crippen molar-refractivity contribution in [3.8, 4) is 0 Å². The summed E-state index contributed by atoms with van der Waals surface area (Å²) in [6.45, 7) is 2.83. The molecule has 2 saturated heterocycles. The van der Waals surface area contributed by atoms with Crippen molar-refractivity contribution in [2.24, 2.45) is 0 Å². The molecule has 0 radical (unpaired) electrons. The van der Waals surface area contributed by atoms with E-state index in [1.807, 2.05) is 31.2 Å². The number of urea groups is 1. The Hall–Kier alpha value is -1.64. The standard InChI is InChI=1S/C13H18N4O3S/c1-9-3-5-10(6-4-9)17-11-12(15-13(17)18)16(8-7-14-11)21(2,19)20/h3-6,11-12,14H,7-8H2,1-2H3,(H,15,18). The van der Waals surface area contributed by atoms with Crippen molar-refractivity contribution in [2.45, 2.75) is 19.3 Å². The van der Waals surface area contributed by atoms with E-state index < -0.39 is 22.4 Å². The maximum atomic E-state index is 12.3. The van der Waals surface area contributed by atoms with Gasteiger partial charge in [0.15, 0.2) is 0 Å². The highest BCUT2D eigenvalue weighted by molar-refractivity contribution is 7.88. The minimum atomic E-state index is -3.36. The smallest absolute Gasteiger partial charge is 0.318 e. The van der Waals surface area contributed by atoms with E-state index in [4.69, 9.17) is 0 Å². The van der Waals surface area contributed by atoms with Crippen LogP contribution >= 0.6 is 0 Å². The lowest BCUT2D eigenvalue weighted by Gasteiger charge is -2.37. The largest absolute Gasteiger partial charge is 0.324 e. The van der Waals surface area contributed by atoms with Crippen molar-refractivity contribution in [1.29, 1.82) is 0 Å². The fraction of sp³-hybridized carbons (Fsp3) is 0.462. The maximum absolute atomic E-state index is 12.3.